The maximum Gasteiger partial charge on any atom is 0.175 e. The van der Waals surface area contributed by atoms with Gasteiger partial charge in [0.25, 0.3) is 0 Å². The van der Waals surface area contributed by atoms with Crippen molar-refractivity contribution < 1.29 is 4.74 Å². The van der Waals surface area contributed by atoms with Gasteiger partial charge < -0.3 is 15.4 Å². The number of ether oxygens (including phenoxy) is 1. The molecule has 0 fully saturated rings. The Bertz CT molecular complexity index is 865. The Labute approximate surface area is 172 Å². The number of benzene rings is 2. The monoisotopic (exact) mass is 391 g/mol. The molecule has 3 aromatic rings. The zero-order valence-corrected chi connectivity index (χ0v) is 16.8. The SMILES string of the molecule is CCCCCOc1ccc(NC(=S)Nc2ccc(-c3cccnc3)cc2)cc1. The second-order valence-electron chi connectivity index (χ2n) is 6.48. The molecule has 2 aromatic carbocycles. The second-order valence-corrected chi connectivity index (χ2v) is 6.89. The summed E-state index contributed by atoms with van der Waals surface area (Å²) in [6, 6.07) is 19.9. The molecule has 0 aliphatic rings. The van der Waals surface area contributed by atoms with E-state index in [4.69, 9.17) is 17.0 Å². The lowest BCUT2D eigenvalue weighted by Crippen LogP contribution is -2.18. The van der Waals surface area contributed by atoms with Gasteiger partial charge in [-0.1, -0.05) is 38.0 Å². The van der Waals surface area contributed by atoms with Crippen molar-refractivity contribution in [3.8, 4) is 16.9 Å². The largest absolute Gasteiger partial charge is 0.494 e. The van der Waals surface area contributed by atoms with Crippen molar-refractivity contribution >= 4 is 28.7 Å². The van der Waals surface area contributed by atoms with Crippen molar-refractivity contribution in [1.29, 1.82) is 0 Å². The molecule has 0 saturated carbocycles. The minimum Gasteiger partial charge on any atom is -0.494 e. The fourth-order valence-corrected chi connectivity index (χ4v) is 2.99. The summed E-state index contributed by atoms with van der Waals surface area (Å²) in [5, 5.41) is 6.95. The first-order valence-corrected chi connectivity index (χ1v) is 9.97. The summed E-state index contributed by atoms with van der Waals surface area (Å²) in [7, 11) is 0. The summed E-state index contributed by atoms with van der Waals surface area (Å²) in [5.41, 5.74) is 4.06. The molecule has 0 radical (unpaired) electrons. The third kappa shape index (κ3) is 6.06. The van der Waals surface area contributed by atoms with Crippen LogP contribution in [-0.2, 0) is 0 Å². The van der Waals surface area contributed by atoms with E-state index in [1.807, 2.05) is 66.9 Å². The predicted molar refractivity (Wildman–Crippen MR) is 121 cm³/mol. The number of anilines is 2. The Morgan fingerprint density at radius 2 is 1.57 bits per heavy atom. The molecular formula is C23H25N3OS. The van der Waals surface area contributed by atoms with E-state index in [-0.39, 0.29) is 0 Å². The van der Waals surface area contributed by atoms with Gasteiger partial charge in [-0.05, 0) is 72.2 Å². The molecular weight excluding hydrogens is 366 g/mol. The van der Waals surface area contributed by atoms with Crippen LogP contribution in [0.25, 0.3) is 11.1 Å². The molecule has 0 spiro atoms. The van der Waals surface area contributed by atoms with Gasteiger partial charge in [0.15, 0.2) is 5.11 Å². The van der Waals surface area contributed by atoms with E-state index in [0.717, 1.165) is 41.3 Å². The number of hydrogen-bond acceptors (Lipinski definition) is 3. The minimum atomic E-state index is 0.547. The highest BCUT2D eigenvalue weighted by molar-refractivity contribution is 7.80. The summed E-state index contributed by atoms with van der Waals surface area (Å²) in [6.45, 7) is 2.95. The van der Waals surface area contributed by atoms with Crippen LogP contribution in [0.2, 0.25) is 0 Å². The third-order valence-corrected chi connectivity index (χ3v) is 4.47. The molecule has 1 aromatic heterocycles. The van der Waals surface area contributed by atoms with Crippen molar-refractivity contribution in [3.63, 3.8) is 0 Å². The van der Waals surface area contributed by atoms with Crippen molar-refractivity contribution in [2.24, 2.45) is 0 Å². The molecule has 0 aliphatic carbocycles. The molecule has 5 heteroatoms. The van der Waals surface area contributed by atoms with Crippen LogP contribution in [-0.4, -0.2) is 16.7 Å². The number of nitrogens with zero attached hydrogens (tertiary/aromatic N) is 1. The lowest BCUT2D eigenvalue weighted by molar-refractivity contribution is 0.306. The van der Waals surface area contributed by atoms with Gasteiger partial charge in [-0.15, -0.1) is 0 Å². The molecule has 0 unspecified atom stereocenters. The summed E-state index contributed by atoms with van der Waals surface area (Å²) in [4.78, 5) is 4.15. The lowest BCUT2D eigenvalue weighted by atomic mass is 10.1. The molecule has 1 heterocycles. The first-order valence-electron chi connectivity index (χ1n) is 9.56. The molecule has 2 N–H and O–H groups in total. The van der Waals surface area contributed by atoms with Gasteiger partial charge in [0.05, 0.1) is 6.61 Å². The topological polar surface area (TPSA) is 46.2 Å². The average Bonchev–Trinajstić information content (AvgIpc) is 2.73. The minimum absolute atomic E-state index is 0.547. The Kier molecular flexibility index (Phi) is 7.38. The summed E-state index contributed by atoms with van der Waals surface area (Å²) in [6.07, 6.45) is 7.11. The highest BCUT2D eigenvalue weighted by atomic mass is 32.1. The van der Waals surface area contributed by atoms with Crippen LogP contribution >= 0.6 is 12.2 Å². The smallest absolute Gasteiger partial charge is 0.175 e. The van der Waals surface area contributed by atoms with Crippen LogP contribution in [0.5, 0.6) is 5.75 Å². The average molecular weight is 392 g/mol. The van der Waals surface area contributed by atoms with Gasteiger partial charge in [0.2, 0.25) is 0 Å². The highest BCUT2D eigenvalue weighted by Crippen LogP contribution is 2.21. The molecule has 28 heavy (non-hydrogen) atoms. The summed E-state index contributed by atoms with van der Waals surface area (Å²) < 4.78 is 5.73. The van der Waals surface area contributed by atoms with Crippen LogP contribution in [0.15, 0.2) is 73.1 Å². The van der Waals surface area contributed by atoms with Crippen molar-refractivity contribution in [3.05, 3.63) is 73.1 Å². The zero-order valence-electron chi connectivity index (χ0n) is 16.0. The zero-order chi connectivity index (χ0) is 19.6. The van der Waals surface area contributed by atoms with E-state index in [1.165, 1.54) is 12.8 Å². The normalized spacial score (nSPS) is 10.3. The Balaban J connectivity index is 1.50. The molecule has 0 atom stereocenters. The van der Waals surface area contributed by atoms with Crippen LogP contribution in [0.4, 0.5) is 11.4 Å². The number of aromatic nitrogens is 1. The number of thiocarbonyl (C=S) groups is 1. The fourth-order valence-electron chi connectivity index (χ4n) is 2.75. The molecule has 4 nitrogen and oxygen atoms in total. The summed E-state index contributed by atoms with van der Waals surface area (Å²) in [5.74, 6) is 0.881. The van der Waals surface area contributed by atoms with Crippen LogP contribution in [0, 0.1) is 0 Å². The van der Waals surface area contributed by atoms with Gasteiger partial charge in [-0.2, -0.15) is 0 Å². The maximum atomic E-state index is 5.73. The molecule has 0 amide bonds. The van der Waals surface area contributed by atoms with Crippen molar-refractivity contribution in [2.75, 3.05) is 17.2 Å². The number of nitrogens with one attached hydrogen (secondary N) is 2. The van der Waals surface area contributed by atoms with E-state index in [0.29, 0.717) is 5.11 Å². The summed E-state index contributed by atoms with van der Waals surface area (Å²) >= 11 is 5.41. The number of unbranched alkanes of at least 4 members (excludes halogenated alkanes) is 2. The van der Waals surface area contributed by atoms with Gasteiger partial charge in [0.1, 0.15) is 5.75 Å². The van der Waals surface area contributed by atoms with Crippen molar-refractivity contribution in [2.45, 2.75) is 26.2 Å². The first kappa shape index (κ1) is 19.8. The van der Waals surface area contributed by atoms with E-state index in [2.05, 4.69) is 22.5 Å². The molecule has 144 valence electrons. The molecule has 3 rings (SSSR count). The molecule has 0 saturated heterocycles. The van der Waals surface area contributed by atoms with E-state index >= 15 is 0 Å². The number of pyridine rings is 1. The maximum absolute atomic E-state index is 5.73. The molecule has 0 bridgehead atoms. The van der Waals surface area contributed by atoms with Crippen LogP contribution < -0.4 is 15.4 Å². The van der Waals surface area contributed by atoms with Gasteiger partial charge in [0, 0.05) is 23.8 Å². The number of hydrogen-bond donors (Lipinski definition) is 2. The Morgan fingerprint density at radius 1 is 0.893 bits per heavy atom. The van der Waals surface area contributed by atoms with Gasteiger partial charge in [-0.3, -0.25) is 4.98 Å². The quantitative estimate of drug-likeness (QED) is 0.357. The van der Waals surface area contributed by atoms with E-state index in [9.17, 15) is 0 Å². The van der Waals surface area contributed by atoms with Crippen LogP contribution in [0.1, 0.15) is 26.2 Å². The van der Waals surface area contributed by atoms with Gasteiger partial charge >= 0.3 is 0 Å². The number of rotatable bonds is 8. The van der Waals surface area contributed by atoms with Crippen molar-refractivity contribution in [1.82, 2.24) is 4.98 Å². The highest BCUT2D eigenvalue weighted by Gasteiger charge is 2.02. The Hall–Kier alpha value is -2.92. The standard InChI is InChI=1S/C23H25N3OS/c1-2-3-4-16-27-22-13-11-21(12-14-22)26-23(28)25-20-9-7-18(8-10-20)19-6-5-15-24-17-19/h5-15,17H,2-4,16H2,1H3,(H2,25,26,28). The fraction of sp³-hybridized carbons (Fsp3) is 0.217. The molecule has 0 aliphatic heterocycles. The predicted octanol–water partition coefficient (Wildman–Crippen LogP) is 6.13. The Morgan fingerprint density at radius 3 is 2.18 bits per heavy atom. The van der Waals surface area contributed by atoms with Gasteiger partial charge in [-0.25, -0.2) is 0 Å². The van der Waals surface area contributed by atoms with E-state index in [1.54, 1.807) is 6.20 Å². The van der Waals surface area contributed by atoms with Crippen LogP contribution in [0.3, 0.4) is 0 Å². The lowest BCUT2D eigenvalue weighted by Gasteiger charge is -2.12. The first-order chi connectivity index (χ1) is 13.7. The second kappa shape index (κ2) is 10.4. The third-order valence-electron chi connectivity index (χ3n) is 4.27. The van der Waals surface area contributed by atoms with E-state index < -0.39 is 0 Å².